The van der Waals surface area contributed by atoms with Crippen molar-refractivity contribution in [2.45, 2.75) is 64.1 Å². The smallest absolute Gasteiger partial charge is 0.408 e. The Kier molecular flexibility index (Phi) is 11.8. The van der Waals surface area contributed by atoms with E-state index < -0.39 is 27.3 Å². The predicted molar refractivity (Wildman–Crippen MR) is 134 cm³/mol. The summed E-state index contributed by atoms with van der Waals surface area (Å²) in [5, 5.41) is 9.20. The first-order chi connectivity index (χ1) is 13.8. The number of benzene rings is 1. The molecule has 0 aliphatic rings. The van der Waals surface area contributed by atoms with Gasteiger partial charge >= 0.3 is 6.09 Å². The van der Waals surface area contributed by atoms with E-state index in [0.29, 0.717) is 25.6 Å². The third kappa shape index (κ3) is 11.5. The normalized spacial score (nSPS) is 12.5. The molecular formula is C20H36IN5O4S. The summed E-state index contributed by atoms with van der Waals surface area (Å²) in [6, 6.07) is 6.55. The molecule has 1 rings (SSSR count). The van der Waals surface area contributed by atoms with Crippen LogP contribution < -0.4 is 20.7 Å². The van der Waals surface area contributed by atoms with Crippen molar-refractivity contribution in [1.29, 1.82) is 0 Å². The lowest BCUT2D eigenvalue weighted by Gasteiger charge is -2.29. The number of ether oxygens (including phenoxy) is 1. The number of alkyl carbamates (subject to hydrolysis) is 1. The van der Waals surface area contributed by atoms with Crippen LogP contribution >= 0.6 is 24.0 Å². The topological polar surface area (TPSA) is 121 Å². The molecule has 4 N–H and O–H groups in total. The molecule has 0 unspecified atom stereocenters. The van der Waals surface area contributed by atoms with E-state index in [2.05, 4.69) is 25.7 Å². The summed E-state index contributed by atoms with van der Waals surface area (Å²) in [5.41, 5.74) is -0.262. The average Bonchev–Trinajstić information content (AvgIpc) is 2.62. The molecule has 1 amide bonds. The monoisotopic (exact) mass is 569 g/mol. The van der Waals surface area contributed by atoms with Crippen molar-refractivity contribution in [3.8, 4) is 0 Å². The fourth-order valence-electron chi connectivity index (χ4n) is 2.33. The Morgan fingerprint density at radius 2 is 1.65 bits per heavy atom. The molecule has 1 aromatic rings. The summed E-state index contributed by atoms with van der Waals surface area (Å²) in [6.45, 7) is 12.6. The largest absolute Gasteiger partial charge is 0.444 e. The molecule has 0 aliphatic heterocycles. The summed E-state index contributed by atoms with van der Waals surface area (Å²) in [4.78, 5) is 16.7. The fraction of sp³-hybridized carbons (Fsp3) is 0.600. The van der Waals surface area contributed by atoms with Crippen LogP contribution in [0.5, 0.6) is 0 Å². The summed E-state index contributed by atoms with van der Waals surface area (Å²) >= 11 is 0. The molecule has 9 nitrogen and oxygen atoms in total. The molecule has 0 fully saturated rings. The van der Waals surface area contributed by atoms with Gasteiger partial charge in [0.25, 0.3) is 0 Å². The van der Waals surface area contributed by atoms with Crippen LogP contribution in [0, 0.1) is 0 Å². The minimum atomic E-state index is -3.46. The van der Waals surface area contributed by atoms with Gasteiger partial charge in [-0.3, -0.25) is 0 Å². The Hall–Kier alpha value is -1.60. The molecule has 0 aliphatic carbocycles. The van der Waals surface area contributed by atoms with Crippen molar-refractivity contribution < 1.29 is 17.9 Å². The van der Waals surface area contributed by atoms with E-state index in [9.17, 15) is 13.2 Å². The number of hydrogen-bond acceptors (Lipinski definition) is 5. The van der Waals surface area contributed by atoms with E-state index in [0.717, 1.165) is 5.56 Å². The molecule has 31 heavy (non-hydrogen) atoms. The molecule has 0 bridgehead atoms. The zero-order valence-corrected chi connectivity index (χ0v) is 22.5. The van der Waals surface area contributed by atoms with Crippen LogP contribution in [-0.2, 0) is 21.3 Å². The van der Waals surface area contributed by atoms with Gasteiger partial charge in [0.1, 0.15) is 5.60 Å². The van der Waals surface area contributed by atoms with Gasteiger partial charge in [-0.1, -0.05) is 12.1 Å². The average molecular weight is 570 g/mol. The zero-order valence-electron chi connectivity index (χ0n) is 19.3. The first-order valence-corrected chi connectivity index (χ1v) is 11.3. The molecular weight excluding hydrogens is 533 g/mol. The zero-order chi connectivity index (χ0) is 23.0. The molecule has 0 atom stereocenters. The maximum absolute atomic E-state index is 12.0. The minimum Gasteiger partial charge on any atom is -0.444 e. The number of amides is 1. The first kappa shape index (κ1) is 29.4. The third-order valence-electron chi connectivity index (χ3n) is 3.80. The summed E-state index contributed by atoms with van der Waals surface area (Å²) in [5.74, 6) is 0.587. The Morgan fingerprint density at radius 3 is 2.13 bits per heavy atom. The standard InChI is InChI=1S/C20H35N5O4S.HI/c1-8-22-17(24-14-20(5,6)25-18(26)29-19(2,3)4)23-13-15-9-11-16(12-10-15)30(27,28)21-7;/h9-12,21H,8,13-14H2,1-7H3,(H,25,26)(H2,22,23,24);1H. The van der Waals surface area contributed by atoms with Crippen molar-refractivity contribution in [2.24, 2.45) is 4.99 Å². The maximum atomic E-state index is 12.0. The molecule has 0 heterocycles. The lowest BCUT2D eigenvalue weighted by Crippen LogP contribution is -2.54. The van der Waals surface area contributed by atoms with Crippen LogP contribution in [-0.4, -0.2) is 51.7 Å². The minimum absolute atomic E-state index is 0. The quantitative estimate of drug-likeness (QED) is 0.217. The summed E-state index contributed by atoms with van der Waals surface area (Å²) < 4.78 is 31.2. The Bertz CT molecular complexity index is 834. The number of nitrogens with one attached hydrogen (secondary N) is 4. The number of aliphatic imine (C=N–C) groups is 1. The summed E-state index contributed by atoms with van der Waals surface area (Å²) in [6.07, 6.45) is -0.479. The van der Waals surface area contributed by atoms with Crippen molar-refractivity contribution in [1.82, 2.24) is 20.7 Å². The van der Waals surface area contributed by atoms with Gasteiger partial charge in [-0.25, -0.2) is 22.9 Å². The highest BCUT2D eigenvalue weighted by molar-refractivity contribution is 14.0. The Morgan fingerprint density at radius 1 is 1.06 bits per heavy atom. The molecule has 178 valence electrons. The second kappa shape index (κ2) is 12.4. The number of sulfonamides is 1. The number of carbonyl (C=O) groups excluding carboxylic acids is 1. The Labute approximate surface area is 203 Å². The van der Waals surface area contributed by atoms with Crippen molar-refractivity contribution in [3.63, 3.8) is 0 Å². The van der Waals surface area contributed by atoms with Gasteiger partial charge in [0.05, 0.1) is 17.0 Å². The lowest BCUT2D eigenvalue weighted by atomic mass is 10.1. The molecule has 0 spiro atoms. The van der Waals surface area contributed by atoms with Crippen LogP contribution in [0.15, 0.2) is 34.2 Å². The van der Waals surface area contributed by atoms with E-state index in [-0.39, 0.29) is 28.9 Å². The highest BCUT2D eigenvalue weighted by Gasteiger charge is 2.24. The van der Waals surface area contributed by atoms with Gasteiger partial charge in [-0.15, -0.1) is 24.0 Å². The number of hydrogen-bond donors (Lipinski definition) is 4. The van der Waals surface area contributed by atoms with Gasteiger partial charge in [-0.05, 0) is 66.3 Å². The SMILES string of the molecule is CCNC(=NCc1ccc(S(=O)(=O)NC)cc1)NCC(C)(C)NC(=O)OC(C)(C)C.I. The highest BCUT2D eigenvalue weighted by atomic mass is 127. The number of rotatable bonds is 8. The number of nitrogens with zero attached hydrogens (tertiary/aromatic N) is 1. The predicted octanol–water partition coefficient (Wildman–Crippen LogP) is 2.57. The van der Waals surface area contributed by atoms with Crippen molar-refractivity contribution in [3.05, 3.63) is 29.8 Å². The van der Waals surface area contributed by atoms with E-state index in [1.165, 1.54) is 7.05 Å². The molecule has 0 saturated carbocycles. The molecule has 0 radical (unpaired) electrons. The van der Waals surface area contributed by atoms with Crippen LogP contribution in [0.4, 0.5) is 4.79 Å². The third-order valence-corrected chi connectivity index (χ3v) is 5.23. The van der Waals surface area contributed by atoms with Gasteiger partial charge < -0.3 is 20.7 Å². The number of carbonyl (C=O) groups is 1. The van der Waals surface area contributed by atoms with E-state index >= 15 is 0 Å². The maximum Gasteiger partial charge on any atom is 0.408 e. The highest BCUT2D eigenvalue weighted by Crippen LogP contribution is 2.11. The molecule has 1 aromatic carbocycles. The summed E-state index contributed by atoms with van der Waals surface area (Å²) in [7, 11) is -2.08. The van der Waals surface area contributed by atoms with E-state index in [4.69, 9.17) is 4.74 Å². The van der Waals surface area contributed by atoms with Crippen LogP contribution in [0.2, 0.25) is 0 Å². The van der Waals surface area contributed by atoms with Crippen LogP contribution in [0.3, 0.4) is 0 Å². The lowest BCUT2D eigenvalue weighted by molar-refractivity contribution is 0.0474. The fourth-order valence-corrected chi connectivity index (χ4v) is 3.06. The van der Waals surface area contributed by atoms with E-state index in [1.807, 2.05) is 41.5 Å². The van der Waals surface area contributed by atoms with Gasteiger partial charge in [-0.2, -0.15) is 0 Å². The van der Waals surface area contributed by atoms with Crippen molar-refractivity contribution >= 4 is 46.1 Å². The molecule has 0 saturated heterocycles. The Balaban J connectivity index is 0.00000900. The first-order valence-electron chi connectivity index (χ1n) is 9.84. The molecule has 11 heteroatoms. The van der Waals surface area contributed by atoms with Gasteiger partial charge in [0, 0.05) is 13.1 Å². The second-order valence-electron chi connectivity index (χ2n) is 8.41. The van der Waals surface area contributed by atoms with Crippen LogP contribution in [0.1, 0.15) is 47.1 Å². The molecule has 0 aromatic heterocycles. The van der Waals surface area contributed by atoms with Crippen molar-refractivity contribution in [2.75, 3.05) is 20.1 Å². The van der Waals surface area contributed by atoms with Gasteiger partial charge in [0.2, 0.25) is 10.0 Å². The number of guanidine groups is 1. The second-order valence-corrected chi connectivity index (χ2v) is 10.3. The van der Waals surface area contributed by atoms with E-state index in [1.54, 1.807) is 24.3 Å². The van der Waals surface area contributed by atoms with Gasteiger partial charge in [0.15, 0.2) is 5.96 Å². The van der Waals surface area contributed by atoms with Crippen LogP contribution in [0.25, 0.3) is 0 Å². The number of halogens is 1.